The van der Waals surface area contributed by atoms with Gasteiger partial charge in [0.05, 0.1) is 11.4 Å². The summed E-state index contributed by atoms with van der Waals surface area (Å²) in [7, 11) is 0. The molecule has 0 spiro atoms. The van der Waals surface area contributed by atoms with E-state index in [0.717, 1.165) is 27.0 Å². The second-order valence-electron chi connectivity index (χ2n) is 4.44. The number of aliphatic imine (C=N–C) groups is 1. The van der Waals surface area contributed by atoms with E-state index >= 15 is 0 Å². The molecule has 0 unspecified atom stereocenters. The molecule has 1 amide bonds. The summed E-state index contributed by atoms with van der Waals surface area (Å²) < 4.78 is 0.989. The van der Waals surface area contributed by atoms with Crippen LogP contribution in [-0.2, 0) is 4.79 Å². The number of aryl methyl sites for hydroxylation is 1. The number of hydrogen-bond donors (Lipinski definition) is 1. The predicted octanol–water partition coefficient (Wildman–Crippen LogP) is 3.83. The third-order valence-electron chi connectivity index (χ3n) is 2.96. The Balaban J connectivity index is 2.08. The number of carbonyl (C=O) groups is 1. The number of rotatable bonds is 1. The lowest BCUT2D eigenvalue weighted by atomic mass is 10.1. The lowest BCUT2D eigenvalue weighted by Crippen LogP contribution is -2.13. The van der Waals surface area contributed by atoms with Crippen LogP contribution in [-0.4, -0.2) is 11.6 Å². The molecule has 1 aliphatic heterocycles. The van der Waals surface area contributed by atoms with E-state index in [0.29, 0.717) is 5.71 Å². The molecule has 19 heavy (non-hydrogen) atoms. The van der Waals surface area contributed by atoms with Crippen molar-refractivity contribution in [2.24, 2.45) is 4.99 Å². The molecule has 0 radical (unpaired) electrons. The molecule has 1 heterocycles. The lowest BCUT2D eigenvalue weighted by Gasteiger charge is -2.00. The second kappa shape index (κ2) is 4.63. The first-order valence-electron chi connectivity index (χ1n) is 5.90. The van der Waals surface area contributed by atoms with Crippen molar-refractivity contribution in [2.45, 2.75) is 6.92 Å². The summed E-state index contributed by atoms with van der Waals surface area (Å²) in [5.74, 6) is -0.150. The van der Waals surface area contributed by atoms with Crippen molar-refractivity contribution in [1.29, 1.82) is 0 Å². The Morgan fingerprint density at radius 1 is 1.11 bits per heavy atom. The van der Waals surface area contributed by atoms with Gasteiger partial charge >= 0.3 is 0 Å². The average Bonchev–Trinajstić information content (AvgIpc) is 2.69. The van der Waals surface area contributed by atoms with Gasteiger partial charge in [-0.25, -0.2) is 4.99 Å². The van der Waals surface area contributed by atoms with E-state index < -0.39 is 0 Å². The molecule has 2 aromatic rings. The minimum atomic E-state index is -0.150. The highest BCUT2D eigenvalue weighted by Crippen LogP contribution is 2.27. The number of benzene rings is 2. The van der Waals surface area contributed by atoms with Gasteiger partial charge in [-0.3, -0.25) is 4.79 Å². The Labute approximate surface area is 119 Å². The van der Waals surface area contributed by atoms with Crippen molar-refractivity contribution < 1.29 is 4.79 Å². The summed E-state index contributed by atoms with van der Waals surface area (Å²) in [6.45, 7) is 2.00. The summed E-state index contributed by atoms with van der Waals surface area (Å²) >= 11 is 3.38. The Bertz CT molecular complexity index is 690. The highest BCUT2D eigenvalue weighted by molar-refractivity contribution is 9.10. The van der Waals surface area contributed by atoms with Crippen molar-refractivity contribution in [3.63, 3.8) is 0 Å². The molecule has 3 nitrogen and oxygen atoms in total. The number of nitrogens with one attached hydrogen (secondary N) is 1. The Hall–Kier alpha value is -1.94. The number of carbonyl (C=O) groups excluding carboxylic acids is 1. The molecule has 2 aromatic carbocycles. The Kier molecular flexibility index (Phi) is 2.95. The first-order valence-corrected chi connectivity index (χ1v) is 6.69. The van der Waals surface area contributed by atoms with Crippen LogP contribution in [0.2, 0.25) is 0 Å². The van der Waals surface area contributed by atoms with Crippen LogP contribution in [0.3, 0.4) is 0 Å². The van der Waals surface area contributed by atoms with E-state index in [2.05, 4.69) is 26.2 Å². The van der Waals surface area contributed by atoms with Crippen molar-refractivity contribution in [3.8, 4) is 0 Å². The van der Waals surface area contributed by atoms with Gasteiger partial charge in [0.1, 0.15) is 5.71 Å². The van der Waals surface area contributed by atoms with Gasteiger partial charge in [-0.1, -0.05) is 27.6 Å². The van der Waals surface area contributed by atoms with Crippen LogP contribution in [0.4, 0.5) is 11.4 Å². The molecule has 0 aliphatic carbocycles. The van der Waals surface area contributed by atoms with E-state index in [1.54, 1.807) is 0 Å². The van der Waals surface area contributed by atoms with Gasteiger partial charge in [-0.2, -0.15) is 0 Å². The summed E-state index contributed by atoms with van der Waals surface area (Å²) in [5, 5.41) is 2.83. The van der Waals surface area contributed by atoms with Gasteiger partial charge in [0.25, 0.3) is 5.91 Å². The summed E-state index contributed by atoms with van der Waals surface area (Å²) in [4.78, 5) is 16.4. The molecule has 0 saturated carbocycles. The molecular weight excluding hydrogens is 304 g/mol. The number of amides is 1. The molecule has 0 fully saturated rings. The van der Waals surface area contributed by atoms with Crippen molar-refractivity contribution in [1.82, 2.24) is 0 Å². The average molecular weight is 315 g/mol. The fraction of sp³-hybridized carbons (Fsp3) is 0.0667. The van der Waals surface area contributed by atoms with Crippen LogP contribution in [0.1, 0.15) is 11.1 Å². The fourth-order valence-electron chi connectivity index (χ4n) is 2.02. The number of nitrogens with zero attached hydrogens (tertiary/aromatic N) is 1. The Morgan fingerprint density at radius 2 is 1.84 bits per heavy atom. The largest absolute Gasteiger partial charge is 0.320 e. The number of halogens is 1. The smallest absolute Gasteiger partial charge is 0.275 e. The molecule has 4 heteroatoms. The number of anilines is 1. The maximum absolute atomic E-state index is 12.0. The number of hydrogen-bond acceptors (Lipinski definition) is 2. The molecule has 94 valence electrons. The summed E-state index contributed by atoms with van der Waals surface area (Å²) in [6.07, 6.45) is 0. The maximum Gasteiger partial charge on any atom is 0.275 e. The third kappa shape index (κ3) is 2.31. The normalized spacial score (nSPS) is 15.5. The van der Waals surface area contributed by atoms with E-state index in [-0.39, 0.29) is 5.91 Å². The van der Waals surface area contributed by atoms with Crippen molar-refractivity contribution in [3.05, 3.63) is 58.1 Å². The highest BCUT2D eigenvalue weighted by atomic mass is 79.9. The minimum absolute atomic E-state index is 0.150. The molecule has 0 atom stereocenters. The van der Waals surface area contributed by atoms with E-state index in [1.165, 1.54) is 0 Å². The van der Waals surface area contributed by atoms with Crippen LogP contribution in [0.15, 0.2) is 51.9 Å². The van der Waals surface area contributed by atoms with Crippen LogP contribution in [0, 0.1) is 6.92 Å². The van der Waals surface area contributed by atoms with Crippen LogP contribution in [0.25, 0.3) is 0 Å². The topological polar surface area (TPSA) is 41.5 Å². The molecule has 1 N–H and O–H groups in total. The Morgan fingerprint density at radius 3 is 2.58 bits per heavy atom. The van der Waals surface area contributed by atoms with Crippen LogP contribution >= 0.6 is 15.9 Å². The first-order chi connectivity index (χ1) is 9.13. The van der Waals surface area contributed by atoms with Gasteiger partial charge in [0.2, 0.25) is 0 Å². The van der Waals surface area contributed by atoms with E-state index in [4.69, 9.17) is 0 Å². The van der Waals surface area contributed by atoms with E-state index in [1.807, 2.05) is 49.4 Å². The minimum Gasteiger partial charge on any atom is -0.320 e. The molecule has 0 saturated heterocycles. The summed E-state index contributed by atoms with van der Waals surface area (Å²) in [6, 6.07) is 13.4. The van der Waals surface area contributed by atoms with Crippen molar-refractivity contribution >= 4 is 38.9 Å². The van der Waals surface area contributed by atoms with E-state index in [9.17, 15) is 4.79 Å². The zero-order valence-corrected chi connectivity index (χ0v) is 11.9. The molecule has 0 aromatic heterocycles. The monoisotopic (exact) mass is 314 g/mol. The van der Waals surface area contributed by atoms with Gasteiger partial charge < -0.3 is 5.32 Å². The third-order valence-corrected chi connectivity index (χ3v) is 3.49. The fourth-order valence-corrected chi connectivity index (χ4v) is 2.29. The standard InChI is InChI=1S/C15H11BrN2O/c1-9-2-7-13-12(8-9)14(15(19)18-13)17-11-5-3-10(16)4-6-11/h2-8H,1H3,(H,17,18,19). The van der Waals surface area contributed by atoms with Gasteiger partial charge in [-0.15, -0.1) is 0 Å². The van der Waals surface area contributed by atoms with Crippen LogP contribution < -0.4 is 5.32 Å². The van der Waals surface area contributed by atoms with Crippen molar-refractivity contribution in [2.75, 3.05) is 5.32 Å². The van der Waals surface area contributed by atoms with Gasteiger partial charge in [-0.05, 0) is 43.3 Å². The maximum atomic E-state index is 12.0. The van der Waals surface area contributed by atoms with Gasteiger partial charge in [0.15, 0.2) is 0 Å². The molecule has 3 rings (SSSR count). The highest BCUT2D eigenvalue weighted by Gasteiger charge is 2.25. The second-order valence-corrected chi connectivity index (χ2v) is 5.36. The zero-order chi connectivity index (χ0) is 13.4. The SMILES string of the molecule is Cc1ccc2c(c1)C(=Nc1ccc(Br)cc1)C(=O)N2. The molecule has 1 aliphatic rings. The predicted molar refractivity (Wildman–Crippen MR) is 80.1 cm³/mol. The summed E-state index contributed by atoms with van der Waals surface area (Å²) in [5.41, 5.74) is 4.04. The van der Waals surface area contributed by atoms with Crippen LogP contribution in [0.5, 0.6) is 0 Å². The van der Waals surface area contributed by atoms with Gasteiger partial charge in [0, 0.05) is 10.0 Å². The molecular formula is C15H11BrN2O. The lowest BCUT2D eigenvalue weighted by molar-refractivity contribution is -0.110. The first kappa shape index (κ1) is 12.1. The number of fused-ring (bicyclic) bond motifs is 1. The quantitative estimate of drug-likeness (QED) is 0.854. The zero-order valence-electron chi connectivity index (χ0n) is 10.3. The molecule has 0 bridgehead atoms.